The highest BCUT2D eigenvalue weighted by Crippen LogP contribution is 2.31. The van der Waals surface area contributed by atoms with Crippen LogP contribution < -0.4 is 5.32 Å². The van der Waals surface area contributed by atoms with Gasteiger partial charge in [-0.25, -0.2) is 0 Å². The maximum absolute atomic E-state index is 12.7. The van der Waals surface area contributed by atoms with E-state index in [4.69, 9.17) is 0 Å². The Labute approximate surface area is 151 Å². The molecule has 0 unspecified atom stereocenters. The number of carbonyl (C=O) groups is 2. The predicted octanol–water partition coefficient (Wildman–Crippen LogP) is 4.14. The number of hydrogen-bond acceptors (Lipinski definition) is 2. The van der Waals surface area contributed by atoms with Gasteiger partial charge in [0.15, 0.2) is 0 Å². The van der Waals surface area contributed by atoms with Crippen LogP contribution in [0.4, 0.5) is 5.69 Å². The van der Waals surface area contributed by atoms with E-state index in [1.54, 1.807) is 0 Å². The molecule has 136 valence electrons. The van der Waals surface area contributed by atoms with Crippen molar-refractivity contribution in [3.8, 4) is 0 Å². The van der Waals surface area contributed by atoms with Crippen LogP contribution in [0.5, 0.6) is 0 Å². The molecular formula is C21H30N2O2. The summed E-state index contributed by atoms with van der Waals surface area (Å²) in [5, 5.41) is 3.02. The van der Waals surface area contributed by atoms with Crippen molar-refractivity contribution in [1.29, 1.82) is 0 Å². The first-order valence-corrected chi connectivity index (χ1v) is 9.80. The lowest BCUT2D eigenvalue weighted by atomic mass is 9.81. The summed E-state index contributed by atoms with van der Waals surface area (Å²) in [6, 6.07) is 7.90. The third kappa shape index (κ3) is 4.83. The minimum absolute atomic E-state index is 0.0366. The molecule has 2 amide bonds. The van der Waals surface area contributed by atoms with Crippen molar-refractivity contribution in [2.75, 3.05) is 18.4 Å². The molecule has 1 saturated carbocycles. The zero-order valence-electron chi connectivity index (χ0n) is 15.3. The van der Waals surface area contributed by atoms with Crippen molar-refractivity contribution >= 4 is 17.5 Å². The average Bonchev–Trinajstić information content (AvgIpc) is 2.92. The molecule has 1 saturated heterocycles. The van der Waals surface area contributed by atoms with E-state index in [-0.39, 0.29) is 17.7 Å². The molecule has 0 aromatic heterocycles. The fraction of sp³-hybridized carbons (Fsp3) is 0.619. The second kappa shape index (κ2) is 8.50. The smallest absolute Gasteiger partial charge is 0.227 e. The quantitative estimate of drug-likeness (QED) is 0.897. The van der Waals surface area contributed by atoms with Crippen LogP contribution in [0.3, 0.4) is 0 Å². The Morgan fingerprint density at radius 3 is 2.04 bits per heavy atom. The molecule has 1 aliphatic carbocycles. The summed E-state index contributed by atoms with van der Waals surface area (Å²) in [4.78, 5) is 27.3. The molecule has 1 N–H and O–H groups in total. The molecule has 1 aromatic rings. The van der Waals surface area contributed by atoms with Crippen LogP contribution in [0, 0.1) is 18.8 Å². The van der Waals surface area contributed by atoms with Gasteiger partial charge in [0, 0.05) is 30.6 Å². The average molecular weight is 342 g/mol. The zero-order chi connectivity index (χ0) is 17.6. The molecule has 25 heavy (non-hydrogen) atoms. The van der Waals surface area contributed by atoms with Crippen molar-refractivity contribution in [2.24, 2.45) is 11.8 Å². The summed E-state index contributed by atoms with van der Waals surface area (Å²) in [6.07, 6.45) is 8.11. The van der Waals surface area contributed by atoms with E-state index in [9.17, 15) is 9.59 Å². The van der Waals surface area contributed by atoms with Crippen LogP contribution in [0.25, 0.3) is 0 Å². The molecular weight excluding hydrogens is 312 g/mol. The van der Waals surface area contributed by atoms with Gasteiger partial charge in [0.2, 0.25) is 11.8 Å². The number of carbonyl (C=O) groups excluding carboxylic acids is 2. The van der Waals surface area contributed by atoms with Gasteiger partial charge in [0.1, 0.15) is 0 Å². The largest absolute Gasteiger partial charge is 0.342 e. The first-order chi connectivity index (χ1) is 12.1. The molecule has 1 aromatic carbocycles. The molecule has 0 spiro atoms. The molecule has 4 nitrogen and oxygen atoms in total. The number of rotatable bonds is 3. The van der Waals surface area contributed by atoms with E-state index in [0.29, 0.717) is 5.91 Å². The summed E-state index contributed by atoms with van der Waals surface area (Å²) in [6.45, 7) is 3.88. The van der Waals surface area contributed by atoms with Crippen molar-refractivity contribution in [2.45, 2.75) is 58.3 Å². The minimum atomic E-state index is 0.0366. The highest BCUT2D eigenvalue weighted by Gasteiger charge is 2.32. The van der Waals surface area contributed by atoms with Gasteiger partial charge in [-0.1, -0.05) is 30.5 Å². The Hall–Kier alpha value is -1.84. The van der Waals surface area contributed by atoms with Crippen LogP contribution in [-0.4, -0.2) is 29.8 Å². The highest BCUT2D eigenvalue weighted by atomic mass is 16.2. The third-order valence-corrected chi connectivity index (χ3v) is 5.68. The Bertz CT molecular complexity index is 580. The van der Waals surface area contributed by atoms with Crippen LogP contribution in [0.1, 0.15) is 56.9 Å². The molecule has 1 heterocycles. The van der Waals surface area contributed by atoms with Gasteiger partial charge in [-0.05, 0) is 57.6 Å². The fourth-order valence-electron chi connectivity index (χ4n) is 4.03. The molecule has 1 aliphatic heterocycles. The number of aryl methyl sites for hydroxylation is 1. The Balaban J connectivity index is 1.48. The summed E-state index contributed by atoms with van der Waals surface area (Å²) in [5.74, 6) is 0.597. The van der Waals surface area contributed by atoms with Gasteiger partial charge >= 0.3 is 0 Å². The standard InChI is InChI=1S/C21H30N2O2/c1-16-6-12-19(13-7-16)22-20(24)17-8-10-18(11-9-17)21(25)23-14-4-2-3-5-15-23/h6-7,12-13,17-18H,2-5,8-11,14-15H2,1H3,(H,22,24). The molecule has 0 radical (unpaired) electrons. The van der Waals surface area contributed by atoms with Gasteiger partial charge in [-0.15, -0.1) is 0 Å². The summed E-state index contributed by atoms with van der Waals surface area (Å²) >= 11 is 0. The van der Waals surface area contributed by atoms with Crippen molar-refractivity contribution < 1.29 is 9.59 Å². The second-order valence-electron chi connectivity index (χ2n) is 7.64. The number of nitrogens with zero attached hydrogens (tertiary/aromatic N) is 1. The number of nitrogens with one attached hydrogen (secondary N) is 1. The number of anilines is 1. The molecule has 0 atom stereocenters. The van der Waals surface area contributed by atoms with Gasteiger partial charge in [0.05, 0.1) is 0 Å². The second-order valence-corrected chi connectivity index (χ2v) is 7.64. The van der Waals surface area contributed by atoms with Crippen molar-refractivity contribution in [1.82, 2.24) is 4.90 Å². The summed E-state index contributed by atoms with van der Waals surface area (Å²) in [5.41, 5.74) is 2.05. The van der Waals surface area contributed by atoms with Crippen LogP contribution in [-0.2, 0) is 9.59 Å². The van der Waals surface area contributed by atoms with E-state index in [2.05, 4.69) is 10.2 Å². The molecule has 0 bridgehead atoms. The van der Waals surface area contributed by atoms with Gasteiger partial charge in [-0.2, -0.15) is 0 Å². The molecule has 4 heteroatoms. The predicted molar refractivity (Wildman–Crippen MR) is 100 cm³/mol. The fourth-order valence-corrected chi connectivity index (χ4v) is 4.03. The molecule has 3 rings (SSSR count). The van der Waals surface area contributed by atoms with Crippen LogP contribution in [0.2, 0.25) is 0 Å². The molecule has 2 fully saturated rings. The summed E-state index contributed by atoms with van der Waals surface area (Å²) in [7, 11) is 0. The SMILES string of the molecule is Cc1ccc(NC(=O)C2CCC(C(=O)N3CCCCCC3)CC2)cc1. The number of likely N-dealkylation sites (tertiary alicyclic amines) is 1. The first kappa shape index (κ1) is 18.0. The van der Waals surface area contributed by atoms with Crippen molar-refractivity contribution in [3.05, 3.63) is 29.8 Å². The van der Waals surface area contributed by atoms with Crippen molar-refractivity contribution in [3.63, 3.8) is 0 Å². The zero-order valence-corrected chi connectivity index (χ0v) is 15.3. The maximum Gasteiger partial charge on any atom is 0.227 e. The Morgan fingerprint density at radius 1 is 0.880 bits per heavy atom. The monoisotopic (exact) mass is 342 g/mol. The number of hydrogen-bond donors (Lipinski definition) is 1. The minimum Gasteiger partial charge on any atom is -0.342 e. The third-order valence-electron chi connectivity index (χ3n) is 5.68. The number of benzene rings is 1. The summed E-state index contributed by atoms with van der Waals surface area (Å²) < 4.78 is 0. The lowest BCUT2D eigenvalue weighted by Gasteiger charge is -2.31. The Kier molecular flexibility index (Phi) is 6.11. The van der Waals surface area contributed by atoms with Gasteiger partial charge < -0.3 is 10.2 Å². The van der Waals surface area contributed by atoms with E-state index in [1.165, 1.54) is 18.4 Å². The van der Waals surface area contributed by atoms with E-state index >= 15 is 0 Å². The first-order valence-electron chi connectivity index (χ1n) is 9.80. The maximum atomic E-state index is 12.7. The normalized spacial score (nSPS) is 24.4. The highest BCUT2D eigenvalue weighted by molar-refractivity contribution is 5.92. The van der Waals surface area contributed by atoms with Crippen LogP contribution in [0.15, 0.2) is 24.3 Å². The van der Waals surface area contributed by atoms with E-state index in [1.807, 2.05) is 31.2 Å². The topological polar surface area (TPSA) is 49.4 Å². The number of amides is 2. The lowest BCUT2D eigenvalue weighted by molar-refractivity contribution is -0.137. The van der Waals surface area contributed by atoms with E-state index in [0.717, 1.165) is 57.3 Å². The Morgan fingerprint density at radius 2 is 1.44 bits per heavy atom. The van der Waals surface area contributed by atoms with E-state index < -0.39 is 0 Å². The molecule has 2 aliphatic rings. The lowest BCUT2D eigenvalue weighted by Crippen LogP contribution is -2.39. The van der Waals surface area contributed by atoms with Gasteiger partial charge in [0.25, 0.3) is 0 Å². The van der Waals surface area contributed by atoms with Crippen LogP contribution >= 0.6 is 0 Å². The van der Waals surface area contributed by atoms with Gasteiger partial charge in [-0.3, -0.25) is 9.59 Å².